The second-order valence-corrected chi connectivity index (χ2v) is 7.32. The fourth-order valence-electron chi connectivity index (χ4n) is 2.47. The number of benzene rings is 1. The summed E-state index contributed by atoms with van der Waals surface area (Å²) in [5.74, 6) is 0.250. The molecule has 0 aliphatic carbocycles. The zero-order valence-corrected chi connectivity index (χ0v) is 13.4. The van der Waals surface area contributed by atoms with E-state index >= 15 is 0 Å². The lowest BCUT2D eigenvalue weighted by Crippen LogP contribution is -2.53. The molecule has 0 bridgehead atoms. The third-order valence-electron chi connectivity index (χ3n) is 3.68. The van der Waals surface area contributed by atoms with E-state index in [1.54, 1.807) is 19.1 Å². The topological polar surface area (TPSA) is 55.4 Å². The van der Waals surface area contributed by atoms with Crippen LogP contribution in [0.5, 0.6) is 0 Å². The van der Waals surface area contributed by atoms with Crippen LogP contribution in [0.3, 0.4) is 0 Å². The van der Waals surface area contributed by atoms with Crippen molar-refractivity contribution in [2.24, 2.45) is 0 Å². The van der Waals surface area contributed by atoms with Gasteiger partial charge in [0.2, 0.25) is 10.0 Å². The Morgan fingerprint density at radius 2 is 1.95 bits per heavy atom. The monoisotopic (exact) mass is 317 g/mol. The normalized spacial score (nSPS) is 18.9. The van der Waals surface area contributed by atoms with Gasteiger partial charge < -0.3 is 4.74 Å². The van der Waals surface area contributed by atoms with E-state index in [-0.39, 0.29) is 5.88 Å². The summed E-state index contributed by atoms with van der Waals surface area (Å²) in [4.78, 5) is 0.319. The summed E-state index contributed by atoms with van der Waals surface area (Å²) >= 11 is 6.01. The van der Waals surface area contributed by atoms with Gasteiger partial charge in [-0.15, -0.1) is 11.6 Å². The SMILES string of the molecule is Cc1ccc(S(=O)(=O)NC2(CCl)CCOCC2)c(C)c1. The van der Waals surface area contributed by atoms with Crippen molar-refractivity contribution in [3.63, 3.8) is 0 Å². The summed E-state index contributed by atoms with van der Waals surface area (Å²) in [5.41, 5.74) is 1.18. The summed E-state index contributed by atoms with van der Waals surface area (Å²) in [6.07, 6.45) is 1.20. The zero-order valence-electron chi connectivity index (χ0n) is 11.8. The van der Waals surface area contributed by atoms with Crippen LogP contribution < -0.4 is 4.72 Å². The van der Waals surface area contributed by atoms with E-state index in [2.05, 4.69) is 4.72 Å². The number of halogens is 1. The first-order chi connectivity index (χ1) is 9.38. The summed E-state index contributed by atoms with van der Waals surface area (Å²) in [7, 11) is -3.57. The molecule has 1 aliphatic heterocycles. The lowest BCUT2D eigenvalue weighted by molar-refractivity contribution is 0.0549. The Morgan fingerprint density at radius 1 is 1.30 bits per heavy atom. The first-order valence-electron chi connectivity index (χ1n) is 6.63. The second kappa shape index (κ2) is 6.02. The number of hydrogen-bond donors (Lipinski definition) is 1. The van der Waals surface area contributed by atoms with Gasteiger partial charge in [0.25, 0.3) is 0 Å². The summed E-state index contributed by atoms with van der Waals surface area (Å²) in [6.45, 7) is 4.80. The van der Waals surface area contributed by atoms with Crippen molar-refractivity contribution in [3.05, 3.63) is 29.3 Å². The van der Waals surface area contributed by atoms with Gasteiger partial charge in [0, 0.05) is 19.1 Å². The predicted molar refractivity (Wildman–Crippen MR) is 79.7 cm³/mol. The molecule has 2 rings (SSSR count). The number of rotatable bonds is 4. The van der Waals surface area contributed by atoms with E-state index in [4.69, 9.17) is 16.3 Å². The molecule has 4 nitrogen and oxygen atoms in total. The van der Waals surface area contributed by atoms with Gasteiger partial charge in [0.05, 0.1) is 10.4 Å². The van der Waals surface area contributed by atoms with Gasteiger partial charge in [-0.25, -0.2) is 13.1 Å². The lowest BCUT2D eigenvalue weighted by atomic mass is 9.94. The molecule has 1 heterocycles. The van der Waals surface area contributed by atoms with Gasteiger partial charge in [0.1, 0.15) is 0 Å². The van der Waals surface area contributed by atoms with Crippen molar-refractivity contribution in [2.45, 2.75) is 37.1 Å². The Labute approximate surface area is 125 Å². The highest BCUT2D eigenvalue weighted by Gasteiger charge is 2.36. The molecule has 0 saturated carbocycles. The Hall–Kier alpha value is -0.620. The van der Waals surface area contributed by atoms with Crippen LogP contribution in [0, 0.1) is 13.8 Å². The molecule has 1 aliphatic rings. The summed E-state index contributed by atoms with van der Waals surface area (Å²) in [6, 6.07) is 5.32. The van der Waals surface area contributed by atoms with Crippen molar-refractivity contribution in [3.8, 4) is 0 Å². The molecule has 0 atom stereocenters. The Morgan fingerprint density at radius 3 is 2.50 bits per heavy atom. The largest absolute Gasteiger partial charge is 0.381 e. The quantitative estimate of drug-likeness (QED) is 0.867. The molecule has 1 N–H and O–H groups in total. The van der Waals surface area contributed by atoms with Crippen LogP contribution in [0.2, 0.25) is 0 Å². The van der Waals surface area contributed by atoms with Crippen molar-refractivity contribution in [1.29, 1.82) is 0 Å². The molecule has 1 saturated heterocycles. The fourth-order valence-corrected chi connectivity index (χ4v) is 4.57. The number of nitrogens with one attached hydrogen (secondary N) is 1. The average molecular weight is 318 g/mol. The maximum atomic E-state index is 12.6. The molecule has 0 radical (unpaired) electrons. The minimum absolute atomic E-state index is 0.250. The van der Waals surface area contributed by atoms with Crippen LogP contribution in [0.15, 0.2) is 23.1 Å². The maximum absolute atomic E-state index is 12.6. The highest BCUT2D eigenvalue weighted by atomic mass is 35.5. The van der Waals surface area contributed by atoms with Crippen molar-refractivity contribution < 1.29 is 13.2 Å². The number of aryl methyl sites for hydroxylation is 2. The van der Waals surface area contributed by atoms with Crippen molar-refractivity contribution in [1.82, 2.24) is 4.72 Å². The molecular weight excluding hydrogens is 298 g/mol. The van der Waals surface area contributed by atoms with Gasteiger partial charge in [-0.1, -0.05) is 17.7 Å². The highest BCUT2D eigenvalue weighted by molar-refractivity contribution is 7.89. The molecule has 0 unspecified atom stereocenters. The van der Waals surface area contributed by atoms with Gasteiger partial charge in [-0.05, 0) is 38.3 Å². The molecule has 0 spiro atoms. The van der Waals surface area contributed by atoms with E-state index in [1.807, 2.05) is 13.0 Å². The van der Waals surface area contributed by atoms with Crippen LogP contribution in [0.4, 0.5) is 0 Å². The average Bonchev–Trinajstić information content (AvgIpc) is 2.38. The van der Waals surface area contributed by atoms with E-state index in [0.29, 0.717) is 31.0 Å². The fraction of sp³-hybridized carbons (Fsp3) is 0.571. The van der Waals surface area contributed by atoms with Gasteiger partial charge in [-0.2, -0.15) is 0 Å². The maximum Gasteiger partial charge on any atom is 0.241 e. The lowest BCUT2D eigenvalue weighted by Gasteiger charge is -2.36. The Kier molecular flexibility index (Phi) is 4.74. The number of sulfonamides is 1. The van der Waals surface area contributed by atoms with Crippen LogP contribution in [0.1, 0.15) is 24.0 Å². The molecule has 0 amide bonds. The molecule has 112 valence electrons. The highest BCUT2D eigenvalue weighted by Crippen LogP contribution is 2.26. The molecule has 1 aromatic carbocycles. The minimum Gasteiger partial charge on any atom is -0.381 e. The van der Waals surface area contributed by atoms with Gasteiger partial charge in [-0.3, -0.25) is 0 Å². The summed E-state index contributed by atoms with van der Waals surface area (Å²) in [5, 5.41) is 0. The van der Waals surface area contributed by atoms with E-state index < -0.39 is 15.6 Å². The first kappa shape index (κ1) is 15.8. The molecule has 1 fully saturated rings. The van der Waals surface area contributed by atoms with Gasteiger partial charge in [0.15, 0.2) is 0 Å². The third kappa shape index (κ3) is 3.34. The first-order valence-corrected chi connectivity index (χ1v) is 8.65. The standard InChI is InChI=1S/C14H20ClNO3S/c1-11-3-4-13(12(2)9-11)20(17,18)16-14(10-15)5-7-19-8-6-14/h3-4,9,16H,5-8,10H2,1-2H3. The molecular formula is C14H20ClNO3S. The van der Waals surface area contributed by atoms with Crippen LogP contribution in [-0.2, 0) is 14.8 Å². The second-order valence-electron chi connectivity index (χ2n) is 5.40. The van der Waals surface area contributed by atoms with Gasteiger partial charge >= 0.3 is 0 Å². The van der Waals surface area contributed by atoms with E-state index in [1.165, 1.54) is 0 Å². The number of ether oxygens (including phenoxy) is 1. The Bertz CT molecular complexity index is 580. The van der Waals surface area contributed by atoms with Crippen molar-refractivity contribution >= 4 is 21.6 Å². The smallest absolute Gasteiger partial charge is 0.241 e. The van der Waals surface area contributed by atoms with Crippen LogP contribution in [0.25, 0.3) is 0 Å². The van der Waals surface area contributed by atoms with E-state index in [0.717, 1.165) is 11.1 Å². The van der Waals surface area contributed by atoms with E-state index in [9.17, 15) is 8.42 Å². The van der Waals surface area contributed by atoms with Crippen molar-refractivity contribution in [2.75, 3.05) is 19.1 Å². The zero-order chi connectivity index (χ0) is 14.8. The molecule has 1 aromatic rings. The summed E-state index contributed by atoms with van der Waals surface area (Å²) < 4.78 is 33.3. The predicted octanol–water partition coefficient (Wildman–Crippen LogP) is 2.37. The minimum atomic E-state index is -3.57. The number of alkyl halides is 1. The van der Waals surface area contributed by atoms with Crippen LogP contribution in [-0.4, -0.2) is 33.1 Å². The number of hydrogen-bond acceptors (Lipinski definition) is 3. The molecule has 20 heavy (non-hydrogen) atoms. The molecule has 0 aromatic heterocycles. The van der Waals surface area contributed by atoms with Crippen LogP contribution >= 0.6 is 11.6 Å². The Balaban J connectivity index is 2.30. The molecule has 6 heteroatoms. The third-order valence-corrected chi connectivity index (χ3v) is 5.93.